The second-order valence-electron chi connectivity index (χ2n) is 31.8. The van der Waals surface area contributed by atoms with Gasteiger partial charge in [0.15, 0.2) is 0 Å². The molecule has 0 atom stereocenters. The molecule has 0 spiro atoms. The molecule has 470 valence electrons. The van der Waals surface area contributed by atoms with Crippen LogP contribution in [0.3, 0.4) is 0 Å². The molecule has 2 aliphatic carbocycles. The number of benzene rings is 12. The molecule has 2 aliphatic heterocycles. The van der Waals surface area contributed by atoms with E-state index in [9.17, 15) is 0 Å². The van der Waals surface area contributed by atoms with Crippen LogP contribution in [0.4, 0.5) is 34.1 Å². The molecule has 0 bridgehead atoms. The summed E-state index contributed by atoms with van der Waals surface area (Å²) in [6.07, 6.45) is 4.74. The highest BCUT2D eigenvalue weighted by molar-refractivity contribution is 7.00. The first-order valence-electron chi connectivity index (χ1n) is 35.0. The van der Waals surface area contributed by atoms with Gasteiger partial charge >= 0.3 is 0 Å². The van der Waals surface area contributed by atoms with Gasteiger partial charge in [-0.2, -0.15) is 0 Å². The Labute approximate surface area is 568 Å². The number of para-hydroxylation sites is 1. The summed E-state index contributed by atoms with van der Waals surface area (Å²) in [5.74, 6) is 0. The molecule has 4 aliphatic rings. The fourth-order valence-corrected chi connectivity index (χ4v) is 17.0. The molecule has 12 aromatic carbocycles. The third kappa shape index (κ3) is 9.75. The van der Waals surface area contributed by atoms with Gasteiger partial charge in [-0.05, 0) is 225 Å². The predicted molar refractivity (Wildman–Crippen MR) is 411 cm³/mol. The highest BCUT2D eigenvalue weighted by Gasteiger charge is 2.45. The van der Waals surface area contributed by atoms with Crippen molar-refractivity contribution < 1.29 is 0 Å². The third-order valence-corrected chi connectivity index (χ3v) is 22.9. The lowest BCUT2D eigenvalue weighted by Gasteiger charge is -2.44. The van der Waals surface area contributed by atoms with Gasteiger partial charge < -0.3 is 14.4 Å². The van der Waals surface area contributed by atoms with E-state index in [1.54, 1.807) is 0 Å². The molecule has 0 amide bonds. The number of hydrogen-bond acceptors (Lipinski definition) is 2. The summed E-state index contributed by atoms with van der Waals surface area (Å²) >= 11 is 0. The highest BCUT2D eigenvalue weighted by atomic mass is 15.2. The van der Waals surface area contributed by atoms with E-state index in [1.807, 2.05) is 0 Å². The summed E-state index contributed by atoms with van der Waals surface area (Å²) in [6, 6.07) is 101. The van der Waals surface area contributed by atoms with Crippen molar-refractivity contribution in [1.82, 2.24) is 4.57 Å². The molecule has 3 heterocycles. The van der Waals surface area contributed by atoms with E-state index in [2.05, 4.69) is 351 Å². The largest absolute Gasteiger partial charge is 0.311 e. The fourth-order valence-electron chi connectivity index (χ4n) is 17.0. The van der Waals surface area contributed by atoms with Crippen LogP contribution >= 0.6 is 0 Å². The van der Waals surface area contributed by atoms with Crippen LogP contribution in [0.25, 0.3) is 83.1 Å². The van der Waals surface area contributed by atoms with Gasteiger partial charge in [-0.3, -0.25) is 0 Å². The van der Waals surface area contributed by atoms with E-state index in [0.29, 0.717) is 0 Å². The van der Waals surface area contributed by atoms with Gasteiger partial charge in [0.05, 0.1) is 11.0 Å². The molecule has 0 unspecified atom stereocenters. The average Bonchev–Trinajstić information content (AvgIpc) is 0.909. The smallest absolute Gasteiger partial charge is 0.252 e. The fraction of sp³-hybridized carbons (Fsp3) is 0.217. The maximum atomic E-state index is 2.61. The lowest BCUT2D eigenvalue weighted by molar-refractivity contribution is 0.332. The van der Waals surface area contributed by atoms with E-state index < -0.39 is 0 Å². The topological polar surface area (TPSA) is 11.4 Å². The molecule has 4 heteroatoms. The van der Waals surface area contributed by atoms with E-state index in [4.69, 9.17) is 0 Å². The first kappa shape index (κ1) is 59.8. The van der Waals surface area contributed by atoms with Gasteiger partial charge in [-0.25, -0.2) is 0 Å². The Morgan fingerprint density at radius 1 is 0.292 bits per heavy atom. The number of aromatic nitrogens is 1. The van der Waals surface area contributed by atoms with Crippen LogP contribution in [0, 0.1) is 0 Å². The van der Waals surface area contributed by atoms with Crippen LogP contribution in [0.1, 0.15) is 130 Å². The number of rotatable bonds is 8. The minimum absolute atomic E-state index is 0.0119. The Morgan fingerprint density at radius 2 is 0.688 bits per heavy atom. The van der Waals surface area contributed by atoms with Crippen LogP contribution in [0.5, 0.6) is 0 Å². The number of fused-ring (bicyclic) bond motifs is 9. The summed E-state index contributed by atoms with van der Waals surface area (Å²) in [6.45, 7) is 26.3. The minimum Gasteiger partial charge on any atom is -0.311 e. The Kier molecular flexibility index (Phi) is 13.6. The molecule has 0 N–H and O–H groups in total. The molecule has 1 aromatic heterocycles. The molecule has 0 saturated carbocycles. The molecule has 3 nitrogen and oxygen atoms in total. The maximum Gasteiger partial charge on any atom is 0.252 e. The highest BCUT2D eigenvalue weighted by Crippen LogP contribution is 2.52. The monoisotopic (exact) mass is 1240 g/mol. The van der Waals surface area contributed by atoms with Crippen LogP contribution in [0.15, 0.2) is 261 Å². The number of anilines is 6. The first-order valence-corrected chi connectivity index (χ1v) is 35.0. The summed E-state index contributed by atoms with van der Waals surface area (Å²) in [5, 5.41) is 2.48. The Hall–Kier alpha value is -9.90. The van der Waals surface area contributed by atoms with Crippen LogP contribution < -0.4 is 26.2 Å². The zero-order valence-corrected chi connectivity index (χ0v) is 57.6. The molecule has 13 aromatic rings. The van der Waals surface area contributed by atoms with Gasteiger partial charge in [0, 0.05) is 50.6 Å². The van der Waals surface area contributed by atoms with Crippen molar-refractivity contribution >= 4 is 79.0 Å². The van der Waals surface area contributed by atoms with Crippen LogP contribution in [0.2, 0.25) is 0 Å². The van der Waals surface area contributed by atoms with Gasteiger partial charge in [-0.1, -0.05) is 264 Å². The standard InChI is InChI=1S/C92H84BN3/c1-88(2,3)69-26-20-25-63(51-69)67-35-44-79-83(55-67)94(70-37-29-61(30-38-70)65-33-42-75-77(53-65)91(8,9)49-47-89(75,4)5)85-56-68(60-23-16-13-17-24-60)57-86-87(85)93(79)80-45-41-72(96-81-28-19-18-27-73(81)74-52-64(36-46-82(74)96)59-21-14-12-15-22-59)58-84(80)95(86)71-39-31-62(32-40-71)66-34-43-76-78(54-66)92(10,11)50-48-90(76,6)7/h12-46,51-58H,47-50H2,1-11H3. The van der Waals surface area contributed by atoms with Crippen LogP contribution in [-0.4, -0.2) is 11.3 Å². The van der Waals surface area contributed by atoms with Gasteiger partial charge in [0.2, 0.25) is 0 Å². The molecular formula is C92H84BN3. The van der Waals surface area contributed by atoms with Gasteiger partial charge in [0.25, 0.3) is 6.71 Å². The average molecular weight is 1240 g/mol. The maximum absolute atomic E-state index is 2.61. The minimum atomic E-state index is -0.113. The van der Waals surface area contributed by atoms with Gasteiger partial charge in [0.1, 0.15) is 0 Å². The van der Waals surface area contributed by atoms with Crippen LogP contribution in [-0.2, 0) is 27.1 Å². The van der Waals surface area contributed by atoms with Crippen molar-refractivity contribution in [2.75, 3.05) is 9.80 Å². The van der Waals surface area contributed by atoms with E-state index in [0.717, 1.165) is 17.1 Å². The molecule has 17 rings (SSSR count). The van der Waals surface area contributed by atoms with Crippen molar-refractivity contribution in [3.8, 4) is 61.3 Å². The Bertz CT molecular complexity index is 5270. The second kappa shape index (κ2) is 21.8. The SMILES string of the molecule is CC(C)(C)c1cccc(-c2ccc3c(c2)N(c2ccc(-c4ccc5c(c4)C(C)(C)CCC5(C)C)cc2)c2cc(-c4ccccc4)cc4c2B3c2ccc(-n3c5ccccc5c5cc(-c6ccccc6)ccc53)cc2N4c2ccc(-c3ccc4c(c3)C(C)(C)CCC4(C)C)cc2)c1. The molecular weight excluding hydrogens is 1160 g/mol. The lowest BCUT2D eigenvalue weighted by Crippen LogP contribution is -2.61. The van der Waals surface area contributed by atoms with Crippen molar-refractivity contribution in [2.24, 2.45) is 0 Å². The number of hydrogen-bond donors (Lipinski definition) is 0. The molecule has 96 heavy (non-hydrogen) atoms. The van der Waals surface area contributed by atoms with E-state index >= 15 is 0 Å². The quantitative estimate of drug-likeness (QED) is 0.141. The first-order chi connectivity index (χ1) is 46.2. The van der Waals surface area contributed by atoms with E-state index in [-0.39, 0.29) is 33.8 Å². The Morgan fingerprint density at radius 3 is 1.25 bits per heavy atom. The van der Waals surface area contributed by atoms with Crippen molar-refractivity contribution in [3.05, 3.63) is 289 Å². The third-order valence-electron chi connectivity index (χ3n) is 22.9. The van der Waals surface area contributed by atoms with Crippen molar-refractivity contribution in [3.63, 3.8) is 0 Å². The Balaban J connectivity index is 0.906. The normalized spacial score (nSPS) is 16.2. The van der Waals surface area contributed by atoms with Gasteiger partial charge in [-0.15, -0.1) is 0 Å². The van der Waals surface area contributed by atoms with Crippen molar-refractivity contribution in [1.29, 1.82) is 0 Å². The lowest BCUT2D eigenvalue weighted by atomic mass is 9.33. The summed E-state index contributed by atoms with van der Waals surface area (Å²) in [7, 11) is 0. The zero-order chi connectivity index (χ0) is 65.8. The number of nitrogens with zero attached hydrogens (tertiary/aromatic N) is 3. The molecule has 0 fully saturated rings. The summed E-state index contributed by atoms with van der Waals surface area (Å²) in [5.41, 5.74) is 34.2. The predicted octanol–water partition coefficient (Wildman–Crippen LogP) is 23.2. The summed E-state index contributed by atoms with van der Waals surface area (Å²) in [4.78, 5) is 5.22. The van der Waals surface area contributed by atoms with Crippen molar-refractivity contribution in [2.45, 2.75) is 129 Å². The summed E-state index contributed by atoms with van der Waals surface area (Å²) < 4.78 is 2.51. The van der Waals surface area contributed by atoms with E-state index in [1.165, 1.54) is 170 Å². The second-order valence-corrected chi connectivity index (χ2v) is 31.8. The molecule has 0 radical (unpaired) electrons. The zero-order valence-electron chi connectivity index (χ0n) is 57.6. The molecule has 0 saturated heterocycles.